The van der Waals surface area contributed by atoms with Crippen LogP contribution in [0.25, 0.3) is 0 Å². The lowest BCUT2D eigenvalue weighted by molar-refractivity contribution is 0.304. The van der Waals surface area contributed by atoms with E-state index in [4.69, 9.17) is 4.74 Å². The van der Waals surface area contributed by atoms with Gasteiger partial charge in [-0.1, -0.05) is 25.0 Å². The molecule has 0 radical (unpaired) electrons. The minimum absolute atomic E-state index is 0.836. The molecule has 1 rings (SSSR count). The minimum Gasteiger partial charge on any atom is -0.494 e. The summed E-state index contributed by atoms with van der Waals surface area (Å²) in [7, 11) is 2.00. The molecule has 0 aliphatic carbocycles. The van der Waals surface area contributed by atoms with Crippen molar-refractivity contribution in [3.8, 4) is 5.75 Å². The molecule has 0 saturated heterocycles. The van der Waals surface area contributed by atoms with E-state index in [-0.39, 0.29) is 0 Å². The Morgan fingerprint density at radius 1 is 1.12 bits per heavy atom. The van der Waals surface area contributed by atoms with Crippen LogP contribution in [0, 0.1) is 6.92 Å². The van der Waals surface area contributed by atoms with Crippen molar-refractivity contribution in [1.29, 1.82) is 0 Å². The summed E-state index contributed by atoms with van der Waals surface area (Å²) in [5.41, 5.74) is 1.26. The second-order valence-electron chi connectivity index (χ2n) is 4.18. The lowest BCUT2D eigenvalue weighted by Gasteiger charge is -2.06. The van der Waals surface area contributed by atoms with Crippen LogP contribution >= 0.6 is 0 Å². The maximum absolute atomic E-state index is 5.68. The van der Waals surface area contributed by atoms with Crippen molar-refractivity contribution < 1.29 is 4.74 Å². The fourth-order valence-electron chi connectivity index (χ4n) is 1.65. The monoisotopic (exact) mass is 221 g/mol. The molecule has 0 fully saturated rings. The molecular formula is C14H23NO. The van der Waals surface area contributed by atoms with Crippen molar-refractivity contribution >= 4 is 0 Å². The first kappa shape index (κ1) is 13.0. The Hall–Kier alpha value is -1.02. The molecule has 90 valence electrons. The van der Waals surface area contributed by atoms with Crippen LogP contribution in [-0.4, -0.2) is 20.2 Å². The highest BCUT2D eigenvalue weighted by atomic mass is 16.5. The van der Waals surface area contributed by atoms with Gasteiger partial charge in [0.2, 0.25) is 0 Å². The molecule has 1 aromatic carbocycles. The summed E-state index contributed by atoms with van der Waals surface area (Å²) >= 11 is 0. The van der Waals surface area contributed by atoms with E-state index >= 15 is 0 Å². The number of benzene rings is 1. The highest BCUT2D eigenvalue weighted by Gasteiger charge is 1.94. The number of hydrogen-bond donors (Lipinski definition) is 1. The molecule has 0 atom stereocenters. The molecule has 2 heteroatoms. The van der Waals surface area contributed by atoms with Crippen LogP contribution in [0.3, 0.4) is 0 Å². The van der Waals surface area contributed by atoms with Crippen LogP contribution < -0.4 is 10.1 Å². The van der Waals surface area contributed by atoms with E-state index in [1.807, 2.05) is 19.2 Å². The smallest absolute Gasteiger partial charge is 0.119 e. The Kier molecular flexibility index (Phi) is 6.66. The van der Waals surface area contributed by atoms with Gasteiger partial charge in [-0.3, -0.25) is 0 Å². The molecule has 0 bridgehead atoms. The van der Waals surface area contributed by atoms with Crippen molar-refractivity contribution in [3.05, 3.63) is 29.8 Å². The first-order chi connectivity index (χ1) is 7.83. The second kappa shape index (κ2) is 8.17. The summed E-state index contributed by atoms with van der Waals surface area (Å²) in [6.45, 7) is 4.05. The predicted octanol–water partition coefficient (Wildman–Crippen LogP) is 3.15. The zero-order chi connectivity index (χ0) is 11.6. The SMILES string of the molecule is CNCCCCCCOc1cccc(C)c1. The summed E-state index contributed by atoms with van der Waals surface area (Å²) in [6.07, 6.45) is 4.96. The van der Waals surface area contributed by atoms with Gasteiger partial charge in [0.05, 0.1) is 6.61 Å². The number of ether oxygens (including phenoxy) is 1. The topological polar surface area (TPSA) is 21.3 Å². The number of nitrogens with one attached hydrogen (secondary N) is 1. The Morgan fingerprint density at radius 3 is 2.69 bits per heavy atom. The largest absolute Gasteiger partial charge is 0.494 e. The van der Waals surface area contributed by atoms with Crippen molar-refractivity contribution in [3.63, 3.8) is 0 Å². The molecule has 1 N–H and O–H groups in total. The molecule has 0 aromatic heterocycles. The lowest BCUT2D eigenvalue weighted by Crippen LogP contribution is -2.07. The fraction of sp³-hybridized carbons (Fsp3) is 0.571. The molecule has 0 spiro atoms. The first-order valence-corrected chi connectivity index (χ1v) is 6.17. The molecule has 0 saturated carbocycles. The predicted molar refractivity (Wildman–Crippen MR) is 69.1 cm³/mol. The highest BCUT2D eigenvalue weighted by molar-refractivity contribution is 5.27. The number of rotatable bonds is 8. The second-order valence-corrected chi connectivity index (χ2v) is 4.18. The van der Waals surface area contributed by atoms with Crippen LogP contribution in [0.1, 0.15) is 31.2 Å². The Morgan fingerprint density at radius 2 is 1.94 bits per heavy atom. The van der Waals surface area contributed by atoms with Gasteiger partial charge < -0.3 is 10.1 Å². The molecule has 0 unspecified atom stereocenters. The molecule has 0 aliphatic rings. The number of aryl methyl sites for hydroxylation is 1. The van der Waals surface area contributed by atoms with Gasteiger partial charge in [0.15, 0.2) is 0 Å². The third-order valence-corrected chi connectivity index (χ3v) is 2.58. The quantitative estimate of drug-likeness (QED) is 0.681. The van der Waals surface area contributed by atoms with E-state index in [2.05, 4.69) is 24.4 Å². The normalized spacial score (nSPS) is 10.4. The summed E-state index contributed by atoms with van der Waals surface area (Å²) in [5.74, 6) is 0.996. The summed E-state index contributed by atoms with van der Waals surface area (Å²) in [4.78, 5) is 0. The van der Waals surface area contributed by atoms with Crippen LogP contribution in [0.5, 0.6) is 5.75 Å². The Bertz CT molecular complexity index is 286. The van der Waals surface area contributed by atoms with Gasteiger partial charge in [-0.15, -0.1) is 0 Å². The van der Waals surface area contributed by atoms with Gasteiger partial charge >= 0.3 is 0 Å². The first-order valence-electron chi connectivity index (χ1n) is 6.17. The van der Waals surface area contributed by atoms with Crippen LogP contribution in [-0.2, 0) is 0 Å². The van der Waals surface area contributed by atoms with Gasteiger partial charge in [-0.25, -0.2) is 0 Å². The molecule has 0 heterocycles. The fourth-order valence-corrected chi connectivity index (χ4v) is 1.65. The highest BCUT2D eigenvalue weighted by Crippen LogP contribution is 2.12. The van der Waals surface area contributed by atoms with Crippen molar-refractivity contribution in [2.75, 3.05) is 20.2 Å². The van der Waals surface area contributed by atoms with Crippen molar-refractivity contribution in [2.45, 2.75) is 32.6 Å². The van der Waals surface area contributed by atoms with Crippen molar-refractivity contribution in [2.24, 2.45) is 0 Å². The lowest BCUT2D eigenvalue weighted by atomic mass is 10.2. The molecule has 2 nitrogen and oxygen atoms in total. The van der Waals surface area contributed by atoms with E-state index in [0.717, 1.165) is 25.3 Å². The standard InChI is InChI=1S/C14H23NO/c1-13-8-7-9-14(12-13)16-11-6-4-3-5-10-15-2/h7-9,12,15H,3-6,10-11H2,1-2H3. The zero-order valence-electron chi connectivity index (χ0n) is 10.5. The molecule has 16 heavy (non-hydrogen) atoms. The van der Waals surface area contributed by atoms with E-state index in [9.17, 15) is 0 Å². The zero-order valence-corrected chi connectivity index (χ0v) is 10.5. The Labute approximate surface area is 99.0 Å². The van der Waals surface area contributed by atoms with Crippen LogP contribution in [0.15, 0.2) is 24.3 Å². The van der Waals surface area contributed by atoms with Gasteiger partial charge in [-0.2, -0.15) is 0 Å². The van der Waals surface area contributed by atoms with E-state index in [1.165, 1.54) is 24.8 Å². The third-order valence-electron chi connectivity index (χ3n) is 2.58. The summed E-state index contributed by atoms with van der Waals surface area (Å²) < 4.78 is 5.68. The van der Waals surface area contributed by atoms with Crippen LogP contribution in [0.2, 0.25) is 0 Å². The number of unbranched alkanes of at least 4 members (excludes halogenated alkanes) is 3. The van der Waals surface area contributed by atoms with E-state index in [1.54, 1.807) is 0 Å². The summed E-state index contributed by atoms with van der Waals surface area (Å²) in [5, 5.41) is 3.16. The maximum Gasteiger partial charge on any atom is 0.119 e. The third kappa shape index (κ3) is 5.76. The van der Waals surface area contributed by atoms with Gasteiger partial charge in [0.1, 0.15) is 5.75 Å². The molecular weight excluding hydrogens is 198 g/mol. The molecule has 1 aromatic rings. The van der Waals surface area contributed by atoms with Crippen LogP contribution in [0.4, 0.5) is 0 Å². The maximum atomic E-state index is 5.68. The van der Waals surface area contributed by atoms with E-state index < -0.39 is 0 Å². The van der Waals surface area contributed by atoms with Gasteiger partial charge in [0, 0.05) is 0 Å². The average Bonchev–Trinajstić information content (AvgIpc) is 2.28. The van der Waals surface area contributed by atoms with E-state index in [0.29, 0.717) is 0 Å². The Balaban J connectivity index is 2.03. The minimum atomic E-state index is 0.836. The number of hydrogen-bond acceptors (Lipinski definition) is 2. The van der Waals surface area contributed by atoms with Gasteiger partial charge in [-0.05, 0) is 51.1 Å². The summed E-state index contributed by atoms with van der Waals surface area (Å²) in [6, 6.07) is 8.23. The van der Waals surface area contributed by atoms with Gasteiger partial charge in [0.25, 0.3) is 0 Å². The average molecular weight is 221 g/mol. The van der Waals surface area contributed by atoms with Crippen molar-refractivity contribution in [1.82, 2.24) is 5.32 Å². The molecule has 0 aliphatic heterocycles. The molecule has 0 amide bonds.